The Labute approximate surface area is 109 Å². The summed E-state index contributed by atoms with van der Waals surface area (Å²) in [5, 5.41) is 11.4. The first-order valence-electron chi connectivity index (χ1n) is 7.68. The Bertz CT molecular complexity index is 348. The van der Waals surface area contributed by atoms with Gasteiger partial charge in [0.15, 0.2) is 0 Å². The van der Waals surface area contributed by atoms with Crippen molar-refractivity contribution in [3.05, 3.63) is 0 Å². The summed E-state index contributed by atoms with van der Waals surface area (Å²) in [7, 11) is 0. The van der Waals surface area contributed by atoms with Crippen molar-refractivity contribution in [1.29, 1.82) is 5.26 Å². The van der Waals surface area contributed by atoms with Gasteiger partial charge < -0.3 is 0 Å². The summed E-state index contributed by atoms with van der Waals surface area (Å²) in [6, 6.07) is 2.73. The highest BCUT2D eigenvalue weighted by Crippen LogP contribution is 2.57. The van der Waals surface area contributed by atoms with Crippen LogP contribution in [-0.4, -0.2) is 23.1 Å². The summed E-state index contributed by atoms with van der Waals surface area (Å²) in [5.41, 5.74) is 4.13. The molecule has 0 radical (unpaired) electrons. The lowest BCUT2D eigenvalue weighted by Gasteiger charge is -2.59. The number of hydrogen-bond acceptors (Lipinski definition) is 3. The Morgan fingerprint density at radius 2 is 1.72 bits per heavy atom. The zero-order valence-corrected chi connectivity index (χ0v) is 11.1. The second-order valence-corrected chi connectivity index (χ2v) is 7.27. The van der Waals surface area contributed by atoms with Gasteiger partial charge >= 0.3 is 0 Å². The van der Waals surface area contributed by atoms with E-state index in [4.69, 9.17) is 5.26 Å². The van der Waals surface area contributed by atoms with E-state index in [0.29, 0.717) is 18.0 Å². The first-order chi connectivity index (χ1) is 8.77. The van der Waals surface area contributed by atoms with Crippen LogP contribution in [0.15, 0.2) is 0 Å². The molecule has 1 unspecified atom stereocenters. The zero-order valence-electron chi connectivity index (χ0n) is 11.1. The SMILES string of the molecule is N#CCC1CCN(C23CC4CC(CC(C4)C2)C3)N1. The van der Waals surface area contributed by atoms with Crippen LogP contribution in [0.2, 0.25) is 0 Å². The van der Waals surface area contributed by atoms with Crippen LogP contribution in [0.25, 0.3) is 0 Å². The topological polar surface area (TPSA) is 39.1 Å². The fourth-order valence-electron chi connectivity index (χ4n) is 5.66. The molecule has 1 aliphatic heterocycles. The Hall–Kier alpha value is -0.590. The average Bonchev–Trinajstić information content (AvgIpc) is 2.77. The van der Waals surface area contributed by atoms with Gasteiger partial charge in [-0.3, -0.25) is 5.43 Å². The van der Waals surface area contributed by atoms with Gasteiger partial charge in [-0.1, -0.05) is 0 Å². The third-order valence-corrected chi connectivity index (χ3v) is 5.96. The van der Waals surface area contributed by atoms with Crippen LogP contribution in [0, 0.1) is 29.1 Å². The van der Waals surface area contributed by atoms with Crippen LogP contribution in [0.1, 0.15) is 51.4 Å². The fraction of sp³-hybridized carbons (Fsp3) is 0.933. The van der Waals surface area contributed by atoms with Gasteiger partial charge in [-0.15, -0.1) is 0 Å². The molecule has 4 saturated carbocycles. The third-order valence-electron chi connectivity index (χ3n) is 5.96. The molecule has 98 valence electrons. The van der Waals surface area contributed by atoms with E-state index in [9.17, 15) is 0 Å². The monoisotopic (exact) mass is 245 g/mol. The van der Waals surface area contributed by atoms with Crippen molar-refractivity contribution in [2.24, 2.45) is 17.8 Å². The molecule has 3 heteroatoms. The Morgan fingerprint density at radius 3 is 2.28 bits per heavy atom. The second-order valence-electron chi connectivity index (χ2n) is 7.27. The van der Waals surface area contributed by atoms with Crippen molar-refractivity contribution in [2.75, 3.05) is 6.54 Å². The van der Waals surface area contributed by atoms with Gasteiger partial charge in [-0.25, -0.2) is 5.01 Å². The summed E-state index contributed by atoms with van der Waals surface area (Å²) in [6.07, 6.45) is 10.6. The smallest absolute Gasteiger partial charge is 0.0638 e. The highest BCUT2D eigenvalue weighted by molar-refractivity contribution is 5.08. The van der Waals surface area contributed by atoms with E-state index in [0.717, 1.165) is 24.2 Å². The maximum Gasteiger partial charge on any atom is 0.0638 e. The van der Waals surface area contributed by atoms with Crippen molar-refractivity contribution in [3.63, 3.8) is 0 Å². The molecule has 1 atom stereocenters. The molecule has 0 aromatic heterocycles. The van der Waals surface area contributed by atoms with Gasteiger partial charge in [0.05, 0.1) is 12.5 Å². The van der Waals surface area contributed by atoms with Crippen LogP contribution >= 0.6 is 0 Å². The van der Waals surface area contributed by atoms with Crippen molar-refractivity contribution in [1.82, 2.24) is 10.4 Å². The van der Waals surface area contributed by atoms with E-state index in [1.165, 1.54) is 45.1 Å². The summed E-state index contributed by atoms with van der Waals surface area (Å²) in [4.78, 5) is 0. The molecule has 1 heterocycles. The number of hydrazine groups is 1. The van der Waals surface area contributed by atoms with Crippen LogP contribution in [-0.2, 0) is 0 Å². The Morgan fingerprint density at radius 1 is 1.11 bits per heavy atom. The molecule has 0 aromatic carbocycles. The van der Waals surface area contributed by atoms with Gasteiger partial charge in [0.1, 0.15) is 0 Å². The minimum atomic E-state index is 0.419. The highest BCUT2D eigenvalue weighted by atomic mass is 15.6. The molecule has 1 saturated heterocycles. The number of nitrogens with one attached hydrogen (secondary N) is 1. The lowest BCUT2D eigenvalue weighted by molar-refractivity contribution is -0.0994. The van der Waals surface area contributed by atoms with Gasteiger partial charge in [-0.2, -0.15) is 5.26 Å². The fourth-order valence-corrected chi connectivity index (χ4v) is 5.66. The number of nitrogens with zero attached hydrogens (tertiary/aromatic N) is 2. The number of nitriles is 1. The van der Waals surface area contributed by atoms with E-state index in [1.54, 1.807) is 0 Å². The van der Waals surface area contributed by atoms with Crippen LogP contribution in [0.4, 0.5) is 0 Å². The first kappa shape index (κ1) is 11.3. The van der Waals surface area contributed by atoms with E-state index >= 15 is 0 Å². The maximum absolute atomic E-state index is 8.84. The highest BCUT2D eigenvalue weighted by Gasteiger charge is 2.54. The van der Waals surface area contributed by atoms with Gasteiger partial charge in [0, 0.05) is 18.1 Å². The summed E-state index contributed by atoms with van der Waals surface area (Å²) in [5.74, 6) is 3.02. The Kier molecular flexibility index (Phi) is 2.47. The Balaban J connectivity index is 1.53. The molecule has 5 aliphatic rings. The van der Waals surface area contributed by atoms with E-state index in [1.807, 2.05) is 0 Å². The number of hydrogen-bond donors (Lipinski definition) is 1. The van der Waals surface area contributed by atoms with Gasteiger partial charge in [-0.05, 0) is 62.7 Å². The van der Waals surface area contributed by atoms with Crippen molar-refractivity contribution in [3.8, 4) is 6.07 Å². The molecule has 4 bridgehead atoms. The molecular weight excluding hydrogens is 222 g/mol. The third kappa shape index (κ3) is 1.62. The molecule has 5 rings (SSSR count). The summed E-state index contributed by atoms with van der Waals surface area (Å²) >= 11 is 0. The normalized spacial score (nSPS) is 50.6. The van der Waals surface area contributed by atoms with E-state index in [2.05, 4.69) is 16.5 Å². The standard InChI is InChI=1S/C15H23N3/c16-3-1-14-2-4-18(17-14)15-8-11-5-12(9-15)7-13(6-11)10-15/h11-14,17H,1-2,4-10H2. The zero-order chi connectivity index (χ0) is 12.2. The molecular formula is C15H23N3. The maximum atomic E-state index is 8.84. The predicted molar refractivity (Wildman–Crippen MR) is 69.4 cm³/mol. The predicted octanol–water partition coefficient (Wildman–Crippen LogP) is 2.45. The van der Waals surface area contributed by atoms with Crippen molar-refractivity contribution < 1.29 is 0 Å². The lowest BCUT2D eigenvalue weighted by atomic mass is 9.53. The largest absolute Gasteiger partial charge is 0.251 e. The van der Waals surface area contributed by atoms with Gasteiger partial charge in [0.2, 0.25) is 0 Å². The molecule has 0 spiro atoms. The van der Waals surface area contributed by atoms with Crippen LogP contribution in [0.3, 0.4) is 0 Å². The second kappa shape index (κ2) is 3.95. The molecule has 3 nitrogen and oxygen atoms in total. The molecule has 0 aromatic rings. The molecule has 5 fully saturated rings. The average molecular weight is 245 g/mol. The molecule has 4 aliphatic carbocycles. The summed E-state index contributed by atoms with van der Waals surface area (Å²) < 4.78 is 0. The van der Waals surface area contributed by atoms with Crippen LogP contribution in [0.5, 0.6) is 0 Å². The van der Waals surface area contributed by atoms with Crippen molar-refractivity contribution in [2.45, 2.75) is 62.9 Å². The summed E-state index contributed by atoms with van der Waals surface area (Å²) in [6.45, 7) is 1.17. The minimum Gasteiger partial charge on any atom is -0.251 e. The molecule has 1 N–H and O–H groups in total. The lowest BCUT2D eigenvalue weighted by Crippen LogP contribution is -2.62. The first-order valence-corrected chi connectivity index (χ1v) is 7.68. The minimum absolute atomic E-state index is 0.419. The molecule has 0 amide bonds. The van der Waals surface area contributed by atoms with E-state index in [-0.39, 0.29) is 0 Å². The van der Waals surface area contributed by atoms with E-state index < -0.39 is 0 Å². The van der Waals surface area contributed by atoms with Crippen LogP contribution < -0.4 is 5.43 Å². The van der Waals surface area contributed by atoms with Gasteiger partial charge in [0.25, 0.3) is 0 Å². The quantitative estimate of drug-likeness (QED) is 0.812. The molecule has 18 heavy (non-hydrogen) atoms. The van der Waals surface area contributed by atoms with Crippen molar-refractivity contribution >= 4 is 0 Å². The number of rotatable bonds is 2.